The highest BCUT2D eigenvalue weighted by molar-refractivity contribution is 5.91. The van der Waals surface area contributed by atoms with Gasteiger partial charge in [0.25, 0.3) is 5.91 Å². The molecule has 8 nitrogen and oxygen atoms in total. The summed E-state index contributed by atoms with van der Waals surface area (Å²) in [5.74, 6) is -0.320. The zero-order chi connectivity index (χ0) is 23.8. The summed E-state index contributed by atoms with van der Waals surface area (Å²) in [6.07, 6.45) is 1.63. The van der Waals surface area contributed by atoms with Gasteiger partial charge in [-0.1, -0.05) is 42.5 Å². The quantitative estimate of drug-likeness (QED) is 0.471. The fourth-order valence-electron chi connectivity index (χ4n) is 4.17. The van der Waals surface area contributed by atoms with E-state index in [4.69, 9.17) is 14.2 Å². The zero-order valence-electron chi connectivity index (χ0n) is 19.2. The molecule has 0 radical (unpaired) electrons. The van der Waals surface area contributed by atoms with Gasteiger partial charge in [0.05, 0.1) is 12.3 Å². The number of aromatic nitrogens is 2. The van der Waals surface area contributed by atoms with Gasteiger partial charge in [0.1, 0.15) is 11.4 Å². The van der Waals surface area contributed by atoms with Crippen LogP contribution >= 0.6 is 0 Å². The number of para-hydroxylation sites is 1. The third-order valence-corrected chi connectivity index (χ3v) is 6.05. The number of hydrogen-bond donors (Lipinski definition) is 2. The Kier molecular flexibility index (Phi) is 7.59. The molecule has 3 aromatic rings. The second-order valence-electron chi connectivity index (χ2n) is 8.21. The Morgan fingerprint density at radius 3 is 2.59 bits per heavy atom. The third-order valence-electron chi connectivity index (χ3n) is 6.05. The van der Waals surface area contributed by atoms with Crippen molar-refractivity contribution in [3.8, 4) is 17.0 Å². The van der Waals surface area contributed by atoms with Crippen molar-refractivity contribution >= 4 is 11.9 Å². The van der Waals surface area contributed by atoms with Gasteiger partial charge in [-0.05, 0) is 43.5 Å². The lowest BCUT2D eigenvalue weighted by Crippen LogP contribution is -2.45. The molecule has 1 fully saturated rings. The molecule has 178 valence electrons. The van der Waals surface area contributed by atoms with E-state index >= 15 is 0 Å². The van der Waals surface area contributed by atoms with E-state index in [9.17, 15) is 9.59 Å². The van der Waals surface area contributed by atoms with E-state index in [2.05, 4.69) is 27.6 Å². The fraction of sp³-hybridized carbons (Fsp3) is 0.346. The Hall–Kier alpha value is -3.65. The lowest BCUT2D eigenvalue weighted by atomic mass is 9.74. The maximum absolute atomic E-state index is 12.5. The number of benzene rings is 2. The first-order valence-electron chi connectivity index (χ1n) is 11.5. The predicted molar refractivity (Wildman–Crippen MR) is 127 cm³/mol. The normalized spacial score (nSPS) is 14.9. The number of ether oxygens (including phenoxy) is 3. The summed E-state index contributed by atoms with van der Waals surface area (Å²) in [7, 11) is 0. The van der Waals surface area contributed by atoms with Crippen LogP contribution in [0.4, 0.5) is 0 Å². The maximum Gasteiger partial charge on any atom is 0.356 e. The van der Waals surface area contributed by atoms with Gasteiger partial charge in [0.2, 0.25) is 0 Å². The number of nitrogens with one attached hydrogen (secondary N) is 2. The van der Waals surface area contributed by atoms with Gasteiger partial charge in [-0.15, -0.1) is 0 Å². The van der Waals surface area contributed by atoms with Crippen LogP contribution in [0.25, 0.3) is 11.3 Å². The minimum atomic E-state index is -0.647. The molecule has 0 spiro atoms. The van der Waals surface area contributed by atoms with Gasteiger partial charge in [-0.25, -0.2) is 4.79 Å². The largest absolute Gasteiger partial charge is 0.493 e. The number of H-pyrrole nitrogens is 1. The number of nitrogens with zero attached hydrogens (tertiary/aromatic N) is 1. The molecule has 0 atom stereocenters. The highest BCUT2D eigenvalue weighted by Gasteiger charge is 2.34. The van der Waals surface area contributed by atoms with Crippen molar-refractivity contribution in [1.82, 2.24) is 15.5 Å². The molecule has 8 heteroatoms. The number of carbonyl (C=O) groups excluding carboxylic acids is 2. The molecule has 34 heavy (non-hydrogen) atoms. The topological polar surface area (TPSA) is 103 Å². The van der Waals surface area contributed by atoms with Crippen molar-refractivity contribution in [1.29, 1.82) is 0 Å². The van der Waals surface area contributed by atoms with Gasteiger partial charge in [0, 0.05) is 30.7 Å². The Bertz CT molecular complexity index is 1110. The predicted octanol–water partition coefficient (Wildman–Crippen LogP) is 3.50. The summed E-state index contributed by atoms with van der Waals surface area (Å²) in [5.41, 5.74) is 2.47. The molecule has 1 aliphatic rings. The van der Waals surface area contributed by atoms with Crippen LogP contribution in [0.2, 0.25) is 0 Å². The summed E-state index contributed by atoms with van der Waals surface area (Å²) >= 11 is 0. The van der Waals surface area contributed by atoms with Gasteiger partial charge in [-0.2, -0.15) is 5.10 Å². The van der Waals surface area contributed by atoms with E-state index in [0.29, 0.717) is 37.8 Å². The van der Waals surface area contributed by atoms with Crippen LogP contribution in [0, 0.1) is 0 Å². The summed E-state index contributed by atoms with van der Waals surface area (Å²) < 4.78 is 16.4. The SMILES string of the molecule is CCOc1ccccc1-c1cc(C(=O)OCC(=O)NCC2(c3ccccc3)CCOCC2)[nH]n1. The van der Waals surface area contributed by atoms with E-state index < -0.39 is 5.97 Å². The molecule has 2 aromatic carbocycles. The number of hydrogen-bond acceptors (Lipinski definition) is 6. The number of carbonyl (C=O) groups is 2. The summed E-state index contributed by atoms with van der Waals surface area (Å²) in [4.78, 5) is 24.9. The standard InChI is InChI=1S/C26H29N3O5/c1-2-33-23-11-7-6-10-20(23)21-16-22(29-28-21)25(31)34-17-24(30)27-18-26(12-14-32-15-13-26)19-8-4-3-5-9-19/h3-11,16H,2,12-15,17-18H2,1H3,(H,27,30)(H,28,29). The Morgan fingerprint density at radius 1 is 1.09 bits per heavy atom. The Labute approximate surface area is 198 Å². The first-order chi connectivity index (χ1) is 16.6. The zero-order valence-corrected chi connectivity index (χ0v) is 19.2. The summed E-state index contributed by atoms with van der Waals surface area (Å²) in [5, 5.41) is 9.82. The molecule has 0 saturated carbocycles. The van der Waals surface area contributed by atoms with Gasteiger partial charge < -0.3 is 19.5 Å². The number of aromatic amines is 1. The molecule has 2 heterocycles. The van der Waals surface area contributed by atoms with Crippen LogP contribution in [0.1, 0.15) is 35.8 Å². The van der Waals surface area contributed by atoms with Gasteiger partial charge in [-0.3, -0.25) is 9.89 Å². The molecule has 4 rings (SSSR count). The van der Waals surface area contributed by atoms with Gasteiger partial charge in [0.15, 0.2) is 6.61 Å². The summed E-state index contributed by atoms with van der Waals surface area (Å²) in [6.45, 7) is 3.80. The van der Waals surface area contributed by atoms with Crippen molar-refractivity contribution in [2.75, 3.05) is 33.0 Å². The smallest absolute Gasteiger partial charge is 0.356 e. The van der Waals surface area contributed by atoms with E-state index in [1.54, 1.807) is 6.07 Å². The molecular formula is C26H29N3O5. The first kappa shape index (κ1) is 23.5. The van der Waals surface area contributed by atoms with Crippen molar-refractivity contribution in [2.24, 2.45) is 0 Å². The highest BCUT2D eigenvalue weighted by atomic mass is 16.5. The van der Waals surface area contributed by atoms with E-state index in [0.717, 1.165) is 18.4 Å². The molecule has 0 bridgehead atoms. The second-order valence-corrected chi connectivity index (χ2v) is 8.21. The monoisotopic (exact) mass is 463 g/mol. The lowest BCUT2D eigenvalue weighted by Gasteiger charge is -2.38. The molecule has 1 aliphatic heterocycles. The van der Waals surface area contributed by atoms with Crippen LogP contribution in [0.5, 0.6) is 5.75 Å². The molecule has 1 aromatic heterocycles. The average molecular weight is 464 g/mol. The van der Waals surface area contributed by atoms with E-state index in [1.807, 2.05) is 49.4 Å². The minimum absolute atomic E-state index is 0.166. The molecule has 0 aliphatic carbocycles. The second kappa shape index (κ2) is 11.0. The van der Waals surface area contributed by atoms with Crippen LogP contribution in [-0.2, 0) is 19.7 Å². The number of esters is 1. The lowest BCUT2D eigenvalue weighted by molar-refractivity contribution is -0.124. The molecular weight excluding hydrogens is 434 g/mol. The minimum Gasteiger partial charge on any atom is -0.493 e. The first-order valence-corrected chi connectivity index (χ1v) is 11.5. The number of amides is 1. The Morgan fingerprint density at radius 2 is 1.82 bits per heavy atom. The summed E-state index contributed by atoms with van der Waals surface area (Å²) in [6, 6.07) is 19.2. The van der Waals surface area contributed by atoms with Crippen molar-refractivity contribution < 1.29 is 23.8 Å². The van der Waals surface area contributed by atoms with Crippen LogP contribution in [-0.4, -0.2) is 55.0 Å². The van der Waals surface area contributed by atoms with Crippen molar-refractivity contribution in [2.45, 2.75) is 25.2 Å². The molecule has 1 amide bonds. The number of rotatable bonds is 9. The van der Waals surface area contributed by atoms with E-state index in [-0.39, 0.29) is 23.6 Å². The maximum atomic E-state index is 12.5. The van der Waals surface area contributed by atoms with Crippen molar-refractivity contribution in [3.05, 3.63) is 71.9 Å². The van der Waals surface area contributed by atoms with Crippen molar-refractivity contribution in [3.63, 3.8) is 0 Å². The van der Waals surface area contributed by atoms with Crippen LogP contribution < -0.4 is 10.1 Å². The molecule has 1 saturated heterocycles. The van der Waals surface area contributed by atoms with Gasteiger partial charge >= 0.3 is 5.97 Å². The third kappa shape index (κ3) is 5.46. The molecule has 0 unspecified atom stereocenters. The van der Waals surface area contributed by atoms with E-state index in [1.165, 1.54) is 5.56 Å². The Balaban J connectivity index is 1.33. The fourth-order valence-corrected chi connectivity index (χ4v) is 4.17. The molecule has 2 N–H and O–H groups in total. The van der Waals surface area contributed by atoms with Crippen LogP contribution in [0.3, 0.4) is 0 Å². The average Bonchev–Trinajstić information content (AvgIpc) is 3.38. The highest BCUT2D eigenvalue weighted by Crippen LogP contribution is 2.34. The van der Waals surface area contributed by atoms with Crippen LogP contribution in [0.15, 0.2) is 60.7 Å².